The van der Waals surface area contributed by atoms with E-state index in [9.17, 15) is 14.7 Å². The molecule has 4 rings (SSSR count). The number of carboxylic acids is 1. The fourth-order valence-electron chi connectivity index (χ4n) is 3.51. The smallest absolute Gasteiger partial charge is 0.323 e. The number of amides is 1. The van der Waals surface area contributed by atoms with E-state index in [2.05, 4.69) is 0 Å². The van der Waals surface area contributed by atoms with Crippen molar-refractivity contribution in [2.45, 2.75) is 18.1 Å². The van der Waals surface area contributed by atoms with Crippen LogP contribution in [0.1, 0.15) is 16.8 Å². The lowest BCUT2D eigenvalue weighted by Crippen LogP contribution is -2.65. The molecule has 25 heavy (non-hydrogen) atoms. The number of carbonyl (C=O) groups excluding carboxylic acids is 1. The molecule has 0 aliphatic carbocycles. The molecule has 1 N–H and O–H groups in total. The van der Waals surface area contributed by atoms with Crippen LogP contribution in [0.25, 0.3) is 0 Å². The maximum Gasteiger partial charge on any atom is 0.323 e. The monoisotopic (exact) mass is 348 g/mol. The van der Waals surface area contributed by atoms with E-state index in [1.165, 1.54) is 0 Å². The summed E-state index contributed by atoms with van der Waals surface area (Å²) in [4.78, 5) is 27.4. The Morgan fingerprint density at radius 3 is 2.76 bits per heavy atom. The third-order valence-electron chi connectivity index (χ3n) is 5.15. The summed E-state index contributed by atoms with van der Waals surface area (Å²) in [5.74, 6) is 0.260. The SMILES string of the molecule is CN1CCC2(CN(C(=O)c3ccc4c(c3)OCO4)C2)OCC1C(=O)O. The minimum Gasteiger partial charge on any atom is -0.480 e. The van der Waals surface area contributed by atoms with Crippen molar-refractivity contribution in [1.29, 1.82) is 0 Å². The molecule has 0 aromatic heterocycles. The Hall–Kier alpha value is -2.32. The van der Waals surface area contributed by atoms with E-state index in [1.807, 2.05) is 0 Å². The number of hydrogen-bond donors (Lipinski definition) is 1. The lowest BCUT2D eigenvalue weighted by Gasteiger charge is -2.49. The number of carbonyl (C=O) groups is 2. The van der Waals surface area contributed by atoms with Crippen LogP contribution < -0.4 is 9.47 Å². The van der Waals surface area contributed by atoms with Crippen molar-refractivity contribution < 1.29 is 28.9 Å². The van der Waals surface area contributed by atoms with Gasteiger partial charge in [0.15, 0.2) is 11.5 Å². The van der Waals surface area contributed by atoms with Gasteiger partial charge in [-0.3, -0.25) is 14.5 Å². The van der Waals surface area contributed by atoms with Crippen molar-refractivity contribution in [3.05, 3.63) is 23.8 Å². The van der Waals surface area contributed by atoms with Gasteiger partial charge in [0.1, 0.15) is 11.6 Å². The minimum atomic E-state index is -0.882. The van der Waals surface area contributed by atoms with E-state index in [0.717, 1.165) is 0 Å². The molecule has 3 aliphatic rings. The Kier molecular flexibility index (Phi) is 3.81. The van der Waals surface area contributed by atoms with Gasteiger partial charge >= 0.3 is 5.97 Å². The van der Waals surface area contributed by atoms with Gasteiger partial charge in [0, 0.05) is 12.1 Å². The first kappa shape index (κ1) is 16.2. The number of ether oxygens (including phenoxy) is 3. The number of carboxylic acid groups (broad SMARTS) is 1. The highest BCUT2D eigenvalue weighted by Crippen LogP contribution is 2.36. The van der Waals surface area contributed by atoms with Gasteiger partial charge in [-0.2, -0.15) is 0 Å². The molecule has 2 saturated heterocycles. The lowest BCUT2D eigenvalue weighted by molar-refractivity contribution is -0.152. The second-order valence-electron chi connectivity index (χ2n) is 6.81. The predicted octanol–water partition coefficient (Wildman–Crippen LogP) is 0.415. The number of rotatable bonds is 2. The van der Waals surface area contributed by atoms with Crippen molar-refractivity contribution in [3.63, 3.8) is 0 Å². The molecule has 1 atom stereocenters. The van der Waals surface area contributed by atoms with E-state index in [-0.39, 0.29) is 19.3 Å². The van der Waals surface area contributed by atoms with Crippen LogP contribution in [0.4, 0.5) is 0 Å². The Labute approximate surface area is 144 Å². The summed E-state index contributed by atoms with van der Waals surface area (Å²) >= 11 is 0. The van der Waals surface area contributed by atoms with Crippen LogP contribution in [0.15, 0.2) is 18.2 Å². The molecule has 1 unspecified atom stereocenters. The number of aliphatic carboxylic acids is 1. The molecule has 3 aliphatic heterocycles. The molecule has 0 radical (unpaired) electrons. The Morgan fingerprint density at radius 2 is 2.00 bits per heavy atom. The van der Waals surface area contributed by atoms with Gasteiger partial charge in [-0.15, -0.1) is 0 Å². The van der Waals surface area contributed by atoms with Crippen LogP contribution >= 0.6 is 0 Å². The van der Waals surface area contributed by atoms with Crippen molar-refractivity contribution in [2.75, 3.05) is 40.1 Å². The molecule has 0 saturated carbocycles. The summed E-state index contributed by atoms with van der Waals surface area (Å²) in [5, 5.41) is 9.25. The second kappa shape index (κ2) is 5.89. The summed E-state index contributed by atoms with van der Waals surface area (Å²) in [7, 11) is 1.79. The number of likely N-dealkylation sites (tertiary alicyclic amines) is 1. The van der Waals surface area contributed by atoms with E-state index >= 15 is 0 Å². The molecule has 1 amide bonds. The third-order valence-corrected chi connectivity index (χ3v) is 5.15. The second-order valence-corrected chi connectivity index (χ2v) is 6.81. The van der Waals surface area contributed by atoms with Crippen molar-refractivity contribution in [2.24, 2.45) is 0 Å². The molecule has 8 heteroatoms. The van der Waals surface area contributed by atoms with Crippen LogP contribution in [-0.2, 0) is 9.53 Å². The molecular weight excluding hydrogens is 328 g/mol. The number of hydrogen-bond acceptors (Lipinski definition) is 6. The zero-order chi connectivity index (χ0) is 17.6. The first-order chi connectivity index (χ1) is 12.0. The van der Waals surface area contributed by atoms with Crippen LogP contribution in [0, 0.1) is 0 Å². The first-order valence-corrected chi connectivity index (χ1v) is 8.23. The van der Waals surface area contributed by atoms with Crippen LogP contribution in [0.5, 0.6) is 11.5 Å². The van der Waals surface area contributed by atoms with Crippen molar-refractivity contribution in [3.8, 4) is 11.5 Å². The minimum absolute atomic E-state index is 0.0834. The molecule has 0 bridgehead atoms. The van der Waals surface area contributed by atoms with Crippen LogP contribution in [0.2, 0.25) is 0 Å². The maximum atomic E-state index is 12.6. The Morgan fingerprint density at radius 1 is 1.24 bits per heavy atom. The summed E-state index contributed by atoms with van der Waals surface area (Å²) in [6, 6.07) is 4.51. The molecule has 8 nitrogen and oxygen atoms in total. The molecule has 1 aromatic rings. The quantitative estimate of drug-likeness (QED) is 0.828. The summed E-state index contributed by atoms with van der Waals surface area (Å²) in [6.45, 7) is 1.88. The zero-order valence-electron chi connectivity index (χ0n) is 13.9. The Balaban J connectivity index is 1.41. The maximum absolute atomic E-state index is 12.6. The molecule has 134 valence electrons. The topological polar surface area (TPSA) is 88.5 Å². The van der Waals surface area contributed by atoms with Gasteiger partial charge in [0.2, 0.25) is 6.79 Å². The average molecular weight is 348 g/mol. The normalized spacial score (nSPS) is 24.7. The van der Waals surface area contributed by atoms with Gasteiger partial charge in [0.05, 0.1) is 19.7 Å². The summed E-state index contributed by atoms with van der Waals surface area (Å²) < 4.78 is 16.5. The van der Waals surface area contributed by atoms with Gasteiger partial charge in [-0.25, -0.2) is 0 Å². The molecular formula is C17H20N2O6. The van der Waals surface area contributed by atoms with Crippen molar-refractivity contribution in [1.82, 2.24) is 9.80 Å². The van der Waals surface area contributed by atoms with E-state index in [0.29, 0.717) is 43.1 Å². The molecule has 3 heterocycles. The van der Waals surface area contributed by atoms with Gasteiger partial charge in [-0.1, -0.05) is 0 Å². The highest BCUT2D eigenvalue weighted by atomic mass is 16.7. The summed E-state index contributed by atoms with van der Waals surface area (Å²) in [6.07, 6.45) is 0.707. The van der Waals surface area contributed by atoms with Crippen molar-refractivity contribution >= 4 is 11.9 Å². The number of nitrogens with zero attached hydrogens (tertiary/aromatic N) is 2. The van der Waals surface area contributed by atoms with Crippen LogP contribution in [-0.4, -0.2) is 78.5 Å². The van der Waals surface area contributed by atoms with E-state index in [4.69, 9.17) is 14.2 Å². The van der Waals surface area contributed by atoms with E-state index < -0.39 is 17.6 Å². The predicted molar refractivity (Wildman–Crippen MR) is 85.8 cm³/mol. The largest absolute Gasteiger partial charge is 0.480 e. The fraction of sp³-hybridized carbons (Fsp3) is 0.529. The molecule has 1 aromatic carbocycles. The van der Waals surface area contributed by atoms with Gasteiger partial charge < -0.3 is 24.2 Å². The first-order valence-electron chi connectivity index (χ1n) is 8.23. The lowest BCUT2D eigenvalue weighted by atomic mass is 9.89. The molecule has 1 spiro atoms. The zero-order valence-corrected chi connectivity index (χ0v) is 13.9. The van der Waals surface area contributed by atoms with Gasteiger partial charge in [-0.05, 0) is 31.7 Å². The third kappa shape index (κ3) is 2.81. The van der Waals surface area contributed by atoms with Gasteiger partial charge in [0.25, 0.3) is 5.91 Å². The number of fused-ring (bicyclic) bond motifs is 1. The average Bonchev–Trinajstić information content (AvgIpc) is 2.95. The highest BCUT2D eigenvalue weighted by Gasteiger charge is 2.48. The summed E-state index contributed by atoms with van der Waals surface area (Å²) in [5.41, 5.74) is 0.109. The molecule has 2 fully saturated rings. The fourth-order valence-corrected chi connectivity index (χ4v) is 3.51. The van der Waals surface area contributed by atoms with Crippen LogP contribution in [0.3, 0.4) is 0 Å². The number of likely N-dealkylation sites (N-methyl/N-ethyl adjacent to an activating group) is 1. The number of benzene rings is 1. The standard InChI is InChI=1S/C17H20N2O6/c1-18-5-4-17(25-7-12(18)16(21)22)8-19(9-17)15(20)11-2-3-13-14(6-11)24-10-23-13/h2-3,6,12H,4-5,7-10H2,1H3,(H,21,22). The Bertz CT molecular complexity index is 715. The van der Waals surface area contributed by atoms with E-state index in [1.54, 1.807) is 35.0 Å². The highest BCUT2D eigenvalue weighted by molar-refractivity contribution is 5.95.